The van der Waals surface area contributed by atoms with Crippen LogP contribution in [0.2, 0.25) is 5.02 Å². The minimum Gasteiger partial charge on any atom is -0.378 e. The van der Waals surface area contributed by atoms with Gasteiger partial charge in [0.05, 0.1) is 6.10 Å². The third kappa shape index (κ3) is 3.55. The molecule has 20 heavy (non-hydrogen) atoms. The summed E-state index contributed by atoms with van der Waals surface area (Å²) in [5.41, 5.74) is 3.80. The topological polar surface area (TPSA) is 21.3 Å². The Hall–Kier alpha value is -0.570. The number of benzene rings is 1. The van der Waals surface area contributed by atoms with E-state index in [9.17, 15) is 0 Å². The second-order valence-corrected chi connectivity index (χ2v) is 6.36. The lowest BCUT2D eigenvalue weighted by Gasteiger charge is -2.37. The summed E-state index contributed by atoms with van der Waals surface area (Å²) in [4.78, 5) is 0. The largest absolute Gasteiger partial charge is 0.378 e. The summed E-state index contributed by atoms with van der Waals surface area (Å²) in [6, 6.07) is 4.66. The molecule has 3 heteroatoms. The third-order valence-electron chi connectivity index (χ3n) is 4.50. The Labute approximate surface area is 127 Å². The highest BCUT2D eigenvalue weighted by molar-refractivity contribution is 6.31. The molecular formula is C17H26ClNO. The first-order valence-corrected chi connectivity index (χ1v) is 7.98. The molecule has 2 rings (SSSR count). The summed E-state index contributed by atoms with van der Waals surface area (Å²) in [5, 5.41) is 4.31. The van der Waals surface area contributed by atoms with Gasteiger partial charge < -0.3 is 10.1 Å². The molecule has 0 amide bonds. The molecule has 2 nitrogen and oxygen atoms in total. The maximum Gasteiger partial charge on any atom is 0.0580 e. The zero-order valence-electron chi connectivity index (χ0n) is 13.0. The Morgan fingerprint density at radius 3 is 2.55 bits per heavy atom. The van der Waals surface area contributed by atoms with Gasteiger partial charge in [0.2, 0.25) is 0 Å². The monoisotopic (exact) mass is 295 g/mol. The molecule has 0 radical (unpaired) electrons. The molecule has 0 saturated heterocycles. The van der Waals surface area contributed by atoms with Crippen LogP contribution in [0, 0.1) is 19.8 Å². The van der Waals surface area contributed by atoms with E-state index in [-0.39, 0.29) is 0 Å². The molecule has 1 aliphatic carbocycles. The number of halogens is 1. The summed E-state index contributed by atoms with van der Waals surface area (Å²) in [5.74, 6) is 0.752. The van der Waals surface area contributed by atoms with Gasteiger partial charge in [-0.25, -0.2) is 0 Å². The smallest absolute Gasteiger partial charge is 0.0580 e. The van der Waals surface area contributed by atoms with Crippen LogP contribution in [0.3, 0.4) is 0 Å². The summed E-state index contributed by atoms with van der Waals surface area (Å²) in [6.45, 7) is 7.16. The summed E-state index contributed by atoms with van der Waals surface area (Å²) < 4.78 is 5.64. The van der Waals surface area contributed by atoms with E-state index in [1.165, 1.54) is 29.5 Å². The lowest BCUT2D eigenvalue weighted by atomic mass is 9.77. The normalized spacial score (nSPS) is 23.4. The molecule has 1 aliphatic rings. The Morgan fingerprint density at radius 2 is 1.95 bits per heavy atom. The number of hydrogen-bond donors (Lipinski definition) is 1. The van der Waals surface area contributed by atoms with Crippen molar-refractivity contribution in [3.05, 3.63) is 33.8 Å². The van der Waals surface area contributed by atoms with E-state index in [4.69, 9.17) is 16.3 Å². The number of rotatable bonds is 6. The van der Waals surface area contributed by atoms with Crippen molar-refractivity contribution in [1.82, 2.24) is 5.32 Å². The van der Waals surface area contributed by atoms with Crippen molar-refractivity contribution in [2.45, 2.75) is 52.2 Å². The highest BCUT2D eigenvalue weighted by Crippen LogP contribution is 2.38. The van der Waals surface area contributed by atoms with Crippen molar-refractivity contribution < 1.29 is 4.74 Å². The van der Waals surface area contributed by atoms with E-state index >= 15 is 0 Å². The highest BCUT2D eigenvalue weighted by atomic mass is 35.5. The first-order valence-electron chi connectivity index (χ1n) is 7.60. The molecule has 0 heterocycles. The summed E-state index contributed by atoms with van der Waals surface area (Å²) in [7, 11) is 2.02. The Morgan fingerprint density at radius 1 is 1.30 bits per heavy atom. The van der Waals surface area contributed by atoms with Gasteiger partial charge in [-0.05, 0) is 75.8 Å². The average molecular weight is 296 g/mol. The fourth-order valence-electron chi connectivity index (χ4n) is 3.04. The Bertz CT molecular complexity index is 455. The maximum atomic E-state index is 6.43. The molecular weight excluding hydrogens is 270 g/mol. The van der Waals surface area contributed by atoms with Crippen molar-refractivity contribution >= 4 is 11.6 Å². The SMILES string of the molecule is CCOC1CC(CC(NC)c2cc(C)c(C)cc2Cl)C1. The van der Waals surface area contributed by atoms with Crippen molar-refractivity contribution in [1.29, 1.82) is 0 Å². The Kier molecular flexibility index (Phi) is 5.48. The molecule has 0 spiro atoms. The molecule has 1 saturated carbocycles. The van der Waals surface area contributed by atoms with Crippen molar-refractivity contribution in [2.24, 2.45) is 5.92 Å². The fourth-order valence-corrected chi connectivity index (χ4v) is 3.39. The second kappa shape index (κ2) is 6.93. The zero-order valence-corrected chi connectivity index (χ0v) is 13.8. The van der Waals surface area contributed by atoms with Gasteiger partial charge in [-0.1, -0.05) is 17.7 Å². The molecule has 0 bridgehead atoms. The first kappa shape index (κ1) is 15.8. The van der Waals surface area contributed by atoms with Gasteiger partial charge in [0.1, 0.15) is 0 Å². The predicted octanol–water partition coefficient (Wildman–Crippen LogP) is 4.42. The van der Waals surface area contributed by atoms with E-state index in [0.717, 1.165) is 24.0 Å². The van der Waals surface area contributed by atoms with Crippen molar-refractivity contribution in [2.75, 3.05) is 13.7 Å². The first-order chi connectivity index (χ1) is 9.55. The number of nitrogens with one attached hydrogen (secondary N) is 1. The van der Waals surface area contributed by atoms with Crippen LogP contribution >= 0.6 is 11.6 Å². The zero-order chi connectivity index (χ0) is 14.7. The summed E-state index contributed by atoms with van der Waals surface area (Å²) >= 11 is 6.43. The number of hydrogen-bond acceptors (Lipinski definition) is 2. The van der Waals surface area contributed by atoms with Crippen LogP contribution in [-0.2, 0) is 4.74 Å². The summed E-state index contributed by atoms with van der Waals surface area (Å²) in [6.07, 6.45) is 4.00. The Balaban J connectivity index is 2.01. The third-order valence-corrected chi connectivity index (χ3v) is 4.83. The van der Waals surface area contributed by atoms with E-state index < -0.39 is 0 Å². The molecule has 1 atom stereocenters. The van der Waals surface area contributed by atoms with Gasteiger partial charge in [-0.2, -0.15) is 0 Å². The highest BCUT2D eigenvalue weighted by Gasteiger charge is 2.31. The van der Waals surface area contributed by atoms with Crippen LogP contribution in [0.4, 0.5) is 0 Å². The maximum absolute atomic E-state index is 6.43. The van der Waals surface area contributed by atoms with Crippen molar-refractivity contribution in [3.8, 4) is 0 Å². The van der Waals surface area contributed by atoms with Gasteiger partial charge in [-0.3, -0.25) is 0 Å². The predicted molar refractivity (Wildman–Crippen MR) is 85.5 cm³/mol. The van der Waals surface area contributed by atoms with E-state index in [2.05, 4.69) is 38.2 Å². The van der Waals surface area contributed by atoms with Crippen molar-refractivity contribution in [3.63, 3.8) is 0 Å². The van der Waals surface area contributed by atoms with Crippen LogP contribution in [0.15, 0.2) is 12.1 Å². The van der Waals surface area contributed by atoms with Gasteiger partial charge in [0.15, 0.2) is 0 Å². The number of ether oxygens (including phenoxy) is 1. The molecule has 1 fully saturated rings. The molecule has 112 valence electrons. The van der Waals surface area contributed by atoms with E-state index in [1.807, 2.05) is 7.05 Å². The van der Waals surface area contributed by atoms with Gasteiger partial charge >= 0.3 is 0 Å². The second-order valence-electron chi connectivity index (χ2n) is 5.95. The van der Waals surface area contributed by atoms with Gasteiger partial charge in [0.25, 0.3) is 0 Å². The van der Waals surface area contributed by atoms with Crippen LogP contribution in [0.1, 0.15) is 48.9 Å². The van der Waals surface area contributed by atoms with Crippen LogP contribution in [0.25, 0.3) is 0 Å². The molecule has 0 aliphatic heterocycles. The fraction of sp³-hybridized carbons (Fsp3) is 0.647. The van der Waals surface area contributed by atoms with Crippen LogP contribution in [0.5, 0.6) is 0 Å². The molecule has 1 unspecified atom stereocenters. The minimum absolute atomic E-state index is 0.342. The minimum atomic E-state index is 0.342. The lowest BCUT2D eigenvalue weighted by molar-refractivity contribution is -0.0289. The number of aryl methyl sites for hydroxylation is 2. The molecule has 0 aromatic heterocycles. The quantitative estimate of drug-likeness (QED) is 0.838. The van der Waals surface area contributed by atoms with Gasteiger partial charge in [0, 0.05) is 17.7 Å². The standard InChI is InChI=1S/C17H26ClNO/c1-5-20-14-8-13(9-14)10-17(19-4)15-6-11(2)12(3)7-16(15)18/h6-7,13-14,17,19H,5,8-10H2,1-4H3. The van der Waals surface area contributed by atoms with E-state index in [0.29, 0.717) is 12.1 Å². The lowest BCUT2D eigenvalue weighted by Crippen LogP contribution is -2.34. The average Bonchev–Trinajstić information content (AvgIpc) is 2.37. The molecule has 1 aromatic rings. The van der Waals surface area contributed by atoms with Crippen LogP contribution < -0.4 is 5.32 Å². The van der Waals surface area contributed by atoms with Crippen LogP contribution in [-0.4, -0.2) is 19.8 Å². The van der Waals surface area contributed by atoms with Gasteiger partial charge in [-0.15, -0.1) is 0 Å². The molecule has 1 N–H and O–H groups in total. The molecule has 1 aromatic carbocycles. The van der Waals surface area contributed by atoms with E-state index in [1.54, 1.807) is 0 Å².